The lowest BCUT2D eigenvalue weighted by Gasteiger charge is -2.35. The summed E-state index contributed by atoms with van der Waals surface area (Å²) in [4.78, 5) is 16.7. The molecule has 120 valence electrons. The molecule has 0 aliphatic carbocycles. The first-order valence-electron chi connectivity index (χ1n) is 7.91. The van der Waals surface area contributed by atoms with E-state index in [9.17, 15) is 4.79 Å². The van der Waals surface area contributed by atoms with Crippen molar-refractivity contribution in [1.29, 1.82) is 0 Å². The molecule has 4 rings (SSSR count). The van der Waals surface area contributed by atoms with Gasteiger partial charge < -0.3 is 14.4 Å². The van der Waals surface area contributed by atoms with Crippen molar-refractivity contribution in [2.45, 2.75) is 32.7 Å². The zero-order valence-electron chi connectivity index (χ0n) is 13.2. The number of rotatable bonds is 1. The van der Waals surface area contributed by atoms with Crippen molar-refractivity contribution in [3.8, 4) is 16.2 Å². The number of morpholine rings is 1. The second-order valence-corrected chi connectivity index (χ2v) is 7.27. The van der Waals surface area contributed by atoms with Gasteiger partial charge in [-0.25, -0.2) is 0 Å². The molecule has 0 N–H and O–H groups in total. The molecule has 5 heteroatoms. The number of fused-ring (bicyclic) bond motifs is 3. The maximum Gasteiger partial charge on any atom is 0.264 e. The second-order valence-electron chi connectivity index (χ2n) is 6.22. The number of hydrogen-bond donors (Lipinski definition) is 0. The summed E-state index contributed by atoms with van der Waals surface area (Å²) in [6.07, 6.45) is 0.169. The third kappa shape index (κ3) is 2.64. The molecule has 1 amide bonds. The number of amides is 1. The predicted molar refractivity (Wildman–Crippen MR) is 90.0 cm³/mol. The van der Waals surface area contributed by atoms with Crippen LogP contribution >= 0.6 is 11.3 Å². The molecule has 0 saturated carbocycles. The van der Waals surface area contributed by atoms with Gasteiger partial charge in [-0.1, -0.05) is 12.1 Å². The molecule has 2 atom stereocenters. The van der Waals surface area contributed by atoms with E-state index in [2.05, 4.69) is 6.07 Å². The monoisotopic (exact) mass is 329 g/mol. The minimum Gasteiger partial charge on any atom is -0.488 e. The number of carbonyl (C=O) groups is 1. The Morgan fingerprint density at radius 1 is 1.22 bits per heavy atom. The molecule has 0 unspecified atom stereocenters. The van der Waals surface area contributed by atoms with E-state index in [1.807, 2.05) is 43.0 Å². The maximum absolute atomic E-state index is 12.9. The summed E-state index contributed by atoms with van der Waals surface area (Å²) in [7, 11) is 0. The van der Waals surface area contributed by atoms with E-state index in [0.29, 0.717) is 19.7 Å². The molecular formula is C18H19NO3S. The number of para-hydroxylation sites is 1. The van der Waals surface area contributed by atoms with Crippen LogP contribution in [0.3, 0.4) is 0 Å². The van der Waals surface area contributed by atoms with Gasteiger partial charge in [0.15, 0.2) is 0 Å². The van der Waals surface area contributed by atoms with Crippen LogP contribution in [0.2, 0.25) is 0 Å². The smallest absolute Gasteiger partial charge is 0.264 e. The molecule has 23 heavy (non-hydrogen) atoms. The van der Waals surface area contributed by atoms with Gasteiger partial charge in [0.2, 0.25) is 0 Å². The summed E-state index contributed by atoms with van der Waals surface area (Å²) in [6.45, 7) is 5.86. The lowest BCUT2D eigenvalue weighted by atomic mass is 10.1. The van der Waals surface area contributed by atoms with Crippen molar-refractivity contribution in [2.75, 3.05) is 13.1 Å². The van der Waals surface area contributed by atoms with Crippen LogP contribution in [0, 0.1) is 0 Å². The SMILES string of the molecule is C[C@H]1CN(C(=O)c2cc3c(s2)-c2ccccc2OC3)C[C@H](C)O1. The highest BCUT2D eigenvalue weighted by atomic mass is 32.1. The fraction of sp³-hybridized carbons (Fsp3) is 0.389. The first-order valence-corrected chi connectivity index (χ1v) is 8.73. The lowest BCUT2D eigenvalue weighted by molar-refractivity contribution is -0.0585. The van der Waals surface area contributed by atoms with E-state index < -0.39 is 0 Å². The number of hydrogen-bond acceptors (Lipinski definition) is 4. The van der Waals surface area contributed by atoms with Crippen LogP contribution in [0.4, 0.5) is 0 Å². The minimum atomic E-state index is 0.0846. The first-order chi connectivity index (χ1) is 11.1. The molecule has 4 nitrogen and oxygen atoms in total. The third-order valence-electron chi connectivity index (χ3n) is 4.24. The Kier molecular flexibility index (Phi) is 3.62. The first kappa shape index (κ1) is 14.7. The zero-order valence-corrected chi connectivity index (χ0v) is 14.1. The van der Waals surface area contributed by atoms with Gasteiger partial charge in [0, 0.05) is 29.1 Å². The average Bonchev–Trinajstić information content (AvgIpc) is 2.98. The predicted octanol–water partition coefficient (Wildman–Crippen LogP) is 3.56. The summed E-state index contributed by atoms with van der Waals surface area (Å²) in [5.74, 6) is 0.998. The summed E-state index contributed by atoms with van der Waals surface area (Å²) < 4.78 is 11.5. The Bertz CT molecular complexity index is 744. The standard InChI is InChI=1S/C18H19NO3S/c1-11-8-19(9-12(2)22-11)18(20)16-7-13-10-21-15-6-4-3-5-14(15)17(13)23-16/h3-7,11-12H,8-10H2,1-2H3/t11-,12-/m0/s1. The quantitative estimate of drug-likeness (QED) is 0.803. The Balaban J connectivity index is 1.65. The Hall–Kier alpha value is -1.85. The molecule has 1 fully saturated rings. The van der Waals surface area contributed by atoms with E-state index in [4.69, 9.17) is 9.47 Å². The van der Waals surface area contributed by atoms with Crippen molar-refractivity contribution in [3.05, 3.63) is 40.8 Å². The van der Waals surface area contributed by atoms with Crippen LogP contribution in [0.1, 0.15) is 29.1 Å². The molecule has 0 spiro atoms. The van der Waals surface area contributed by atoms with Gasteiger partial charge in [0.05, 0.1) is 17.1 Å². The van der Waals surface area contributed by atoms with Gasteiger partial charge in [-0.3, -0.25) is 4.79 Å². The largest absolute Gasteiger partial charge is 0.488 e. The van der Waals surface area contributed by atoms with E-state index in [-0.39, 0.29) is 18.1 Å². The van der Waals surface area contributed by atoms with Crippen LogP contribution in [-0.2, 0) is 11.3 Å². The second kappa shape index (κ2) is 5.65. The topological polar surface area (TPSA) is 38.8 Å². The molecular weight excluding hydrogens is 310 g/mol. The van der Waals surface area contributed by atoms with Gasteiger partial charge in [-0.15, -0.1) is 11.3 Å². The summed E-state index contributed by atoms with van der Waals surface area (Å²) in [5.41, 5.74) is 2.19. The molecule has 0 radical (unpaired) electrons. The van der Waals surface area contributed by atoms with E-state index in [1.165, 1.54) is 0 Å². The van der Waals surface area contributed by atoms with Crippen LogP contribution in [-0.4, -0.2) is 36.1 Å². The normalized spacial score (nSPS) is 23.0. The van der Waals surface area contributed by atoms with Gasteiger partial charge in [0.25, 0.3) is 5.91 Å². The van der Waals surface area contributed by atoms with E-state index >= 15 is 0 Å². The van der Waals surface area contributed by atoms with Gasteiger partial charge in [-0.05, 0) is 32.0 Å². The van der Waals surface area contributed by atoms with Crippen LogP contribution in [0.15, 0.2) is 30.3 Å². The highest BCUT2D eigenvalue weighted by Crippen LogP contribution is 2.42. The highest BCUT2D eigenvalue weighted by molar-refractivity contribution is 7.17. The number of benzene rings is 1. The number of thiophene rings is 1. The fourth-order valence-corrected chi connectivity index (χ4v) is 4.47. The number of ether oxygens (including phenoxy) is 2. The Morgan fingerprint density at radius 2 is 1.96 bits per heavy atom. The molecule has 3 heterocycles. The van der Waals surface area contributed by atoms with Crippen LogP contribution in [0.5, 0.6) is 5.75 Å². The third-order valence-corrected chi connectivity index (χ3v) is 5.44. The van der Waals surface area contributed by atoms with Crippen LogP contribution < -0.4 is 4.74 Å². The maximum atomic E-state index is 12.9. The average molecular weight is 329 g/mol. The van der Waals surface area contributed by atoms with Crippen molar-refractivity contribution in [1.82, 2.24) is 4.90 Å². The molecule has 0 bridgehead atoms. The lowest BCUT2D eigenvalue weighted by Crippen LogP contribution is -2.48. The fourth-order valence-electron chi connectivity index (χ4n) is 3.30. The Labute approximate surface area is 139 Å². The molecule has 2 aliphatic rings. The molecule has 1 aromatic heterocycles. The van der Waals surface area contributed by atoms with Crippen LogP contribution in [0.25, 0.3) is 10.4 Å². The molecule has 1 aromatic carbocycles. The van der Waals surface area contributed by atoms with Crippen molar-refractivity contribution < 1.29 is 14.3 Å². The number of nitrogens with zero attached hydrogens (tertiary/aromatic N) is 1. The van der Waals surface area contributed by atoms with Crippen molar-refractivity contribution >= 4 is 17.2 Å². The highest BCUT2D eigenvalue weighted by Gasteiger charge is 2.29. The van der Waals surface area contributed by atoms with E-state index in [0.717, 1.165) is 26.6 Å². The van der Waals surface area contributed by atoms with Gasteiger partial charge in [0.1, 0.15) is 12.4 Å². The summed E-state index contributed by atoms with van der Waals surface area (Å²) in [5, 5.41) is 0. The zero-order chi connectivity index (χ0) is 16.0. The van der Waals surface area contributed by atoms with Gasteiger partial charge in [-0.2, -0.15) is 0 Å². The number of carbonyl (C=O) groups excluding carboxylic acids is 1. The molecule has 2 aliphatic heterocycles. The summed E-state index contributed by atoms with van der Waals surface area (Å²) in [6, 6.07) is 9.99. The van der Waals surface area contributed by atoms with Crippen molar-refractivity contribution in [2.24, 2.45) is 0 Å². The minimum absolute atomic E-state index is 0.0846. The van der Waals surface area contributed by atoms with Gasteiger partial charge >= 0.3 is 0 Å². The van der Waals surface area contributed by atoms with Crippen molar-refractivity contribution in [3.63, 3.8) is 0 Å². The Morgan fingerprint density at radius 3 is 2.74 bits per heavy atom. The molecule has 1 saturated heterocycles. The molecule has 2 aromatic rings. The summed E-state index contributed by atoms with van der Waals surface area (Å²) >= 11 is 1.57. The van der Waals surface area contributed by atoms with E-state index in [1.54, 1.807) is 11.3 Å².